The Morgan fingerprint density at radius 1 is 1.54 bits per heavy atom. The zero-order valence-corrected chi connectivity index (χ0v) is 14.0. The average Bonchev–Trinajstić information content (AvgIpc) is 2.95. The minimum atomic E-state index is -1.05. The molecule has 0 aliphatic rings. The lowest BCUT2D eigenvalue weighted by molar-refractivity contribution is -0.144. The molecular formula is C15H18N4O4S. The number of thiazole rings is 1. The van der Waals surface area contributed by atoms with Crippen molar-refractivity contribution in [3.8, 4) is 11.5 Å². The molecule has 0 spiro atoms. The van der Waals surface area contributed by atoms with Gasteiger partial charge in [0.1, 0.15) is 5.82 Å². The van der Waals surface area contributed by atoms with Gasteiger partial charge in [0.25, 0.3) is 0 Å². The van der Waals surface area contributed by atoms with E-state index < -0.39 is 12.1 Å². The molecule has 1 atom stereocenters. The molecule has 24 heavy (non-hydrogen) atoms. The minimum Gasteiger partial charge on any atom is -0.490 e. The average molecular weight is 350 g/mol. The molecule has 0 fully saturated rings. The summed E-state index contributed by atoms with van der Waals surface area (Å²) in [6.07, 6.45) is 0.616. The van der Waals surface area contributed by atoms with E-state index in [1.807, 2.05) is 6.92 Å². The van der Waals surface area contributed by atoms with Crippen LogP contribution < -0.4 is 20.6 Å². The van der Waals surface area contributed by atoms with Crippen LogP contribution >= 0.6 is 11.3 Å². The number of nitrogens with two attached hydrogens (primary N) is 1. The quantitative estimate of drug-likeness (QED) is 0.494. The Labute approximate surface area is 142 Å². The van der Waals surface area contributed by atoms with Crippen molar-refractivity contribution in [2.24, 2.45) is 5.10 Å². The first-order valence-electron chi connectivity index (χ1n) is 7.16. The molecule has 2 aromatic rings. The normalized spacial score (nSPS) is 12.1. The number of nitrogen functional groups attached to an aromatic ring is 1. The topological polar surface area (TPSA) is 119 Å². The van der Waals surface area contributed by atoms with Gasteiger partial charge in [0.05, 0.1) is 12.8 Å². The second kappa shape index (κ2) is 8.16. The van der Waals surface area contributed by atoms with Gasteiger partial charge in [-0.15, -0.1) is 11.3 Å². The Morgan fingerprint density at radius 2 is 2.33 bits per heavy atom. The summed E-state index contributed by atoms with van der Waals surface area (Å²) in [5, 5.41) is 15.3. The van der Waals surface area contributed by atoms with E-state index in [1.165, 1.54) is 18.3 Å². The Morgan fingerprint density at radius 3 is 2.96 bits per heavy atom. The van der Waals surface area contributed by atoms with Crippen LogP contribution in [0.15, 0.2) is 28.7 Å². The van der Waals surface area contributed by atoms with Gasteiger partial charge < -0.3 is 20.3 Å². The van der Waals surface area contributed by atoms with E-state index in [1.54, 1.807) is 29.8 Å². The van der Waals surface area contributed by atoms with Crippen molar-refractivity contribution < 1.29 is 19.4 Å². The van der Waals surface area contributed by atoms with Crippen molar-refractivity contribution in [3.05, 3.63) is 29.1 Å². The van der Waals surface area contributed by atoms with Crippen molar-refractivity contribution in [3.63, 3.8) is 0 Å². The first-order chi connectivity index (χ1) is 11.5. The van der Waals surface area contributed by atoms with Crippen molar-refractivity contribution in [2.75, 3.05) is 17.8 Å². The number of benzene rings is 1. The van der Waals surface area contributed by atoms with Crippen LogP contribution in [0.2, 0.25) is 0 Å². The summed E-state index contributed by atoms with van der Waals surface area (Å²) in [6, 6.07) is 5.11. The molecule has 1 unspecified atom stereocenters. The zero-order chi connectivity index (χ0) is 17.5. The number of carboxylic acids is 1. The van der Waals surface area contributed by atoms with Gasteiger partial charge in [-0.05, 0) is 37.6 Å². The lowest BCUT2D eigenvalue weighted by atomic mass is 10.2. The number of carboxylic acid groups (broad SMARTS) is 1. The monoisotopic (exact) mass is 350 g/mol. The van der Waals surface area contributed by atoms with Gasteiger partial charge in [-0.25, -0.2) is 9.78 Å². The van der Waals surface area contributed by atoms with Crippen LogP contribution in [-0.2, 0) is 4.79 Å². The molecule has 1 aromatic heterocycles. The largest absolute Gasteiger partial charge is 0.490 e. The number of nitrogens with one attached hydrogen (secondary N) is 1. The second-order valence-corrected chi connectivity index (χ2v) is 5.54. The van der Waals surface area contributed by atoms with Crippen LogP contribution in [0.4, 0.5) is 10.9 Å². The number of hydrogen-bond acceptors (Lipinski definition) is 8. The summed E-state index contributed by atoms with van der Waals surface area (Å²) in [4.78, 5) is 14.9. The summed E-state index contributed by atoms with van der Waals surface area (Å²) in [5.41, 5.74) is 9.06. The Bertz CT molecular complexity index is 732. The lowest BCUT2D eigenvalue weighted by Gasteiger charge is -2.15. The molecule has 0 saturated carbocycles. The molecule has 1 aromatic carbocycles. The van der Waals surface area contributed by atoms with Crippen LogP contribution in [0.5, 0.6) is 11.5 Å². The minimum absolute atomic E-state index is 0.365. The molecule has 128 valence electrons. The highest BCUT2D eigenvalue weighted by atomic mass is 32.1. The standard InChI is InChI=1S/C15H18N4O4S/c1-3-22-12-6-10(4-5-11(12)23-9(2)14(20)21)7-17-19-15-18-13(16)8-24-15/h4-9H,3,16H2,1-2H3,(H,18,19)(H,20,21). The second-order valence-electron chi connectivity index (χ2n) is 4.69. The van der Waals surface area contributed by atoms with Crippen molar-refractivity contribution >= 4 is 34.5 Å². The van der Waals surface area contributed by atoms with Crippen LogP contribution in [0.3, 0.4) is 0 Å². The lowest BCUT2D eigenvalue weighted by Crippen LogP contribution is -2.23. The van der Waals surface area contributed by atoms with Crippen LogP contribution in [0.25, 0.3) is 0 Å². The summed E-state index contributed by atoms with van der Waals surface area (Å²) in [7, 11) is 0. The molecule has 0 aliphatic carbocycles. The summed E-state index contributed by atoms with van der Waals surface area (Å²) in [6.45, 7) is 3.71. The number of anilines is 2. The fourth-order valence-corrected chi connectivity index (χ4v) is 2.26. The van der Waals surface area contributed by atoms with Gasteiger partial charge in [-0.2, -0.15) is 5.10 Å². The van der Waals surface area contributed by atoms with Gasteiger partial charge in [-0.3, -0.25) is 5.43 Å². The van der Waals surface area contributed by atoms with E-state index in [2.05, 4.69) is 15.5 Å². The molecule has 4 N–H and O–H groups in total. The number of carbonyl (C=O) groups is 1. The van der Waals surface area contributed by atoms with Crippen LogP contribution in [-0.4, -0.2) is 35.0 Å². The molecule has 0 aliphatic heterocycles. The first-order valence-corrected chi connectivity index (χ1v) is 8.04. The number of aromatic nitrogens is 1. The molecule has 0 radical (unpaired) electrons. The molecule has 2 rings (SSSR count). The summed E-state index contributed by atoms with van der Waals surface area (Å²) >= 11 is 1.35. The number of hydrogen-bond donors (Lipinski definition) is 3. The van der Waals surface area contributed by atoms with Gasteiger partial charge >= 0.3 is 5.97 Å². The fourth-order valence-electron chi connectivity index (χ4n) is 1.71. The third kappa shape index (κ3) is 4.85. The third-order valence-corrected chi connectivity index (χ3v) is 3.58. The van der Waals surface area contributed by atoms with Crippen molar-refractivity contribution in [2.45, 2.75) is 20.0 Å². The predicted octanol–water partition coefficient (Wildman–Crippen LogP) is 2.42. The van der Waals surface area contributed by atoms with E-state index >= 15 is 0 Å². The summed E-state index contributed by atoms with van der Waals surface area (Å²) in [5.74, 6) is 0.206. The highest BCUT2D eigenvalue weighted by molar-refractivity contribution is 7.14. The first kappa shape index (κ1) is 17.5. The van der Waals surface area contributed by atoms with Crippen LogP contribution in [0.1, 0.15) is 19.4 Å². The smallest absolute Gasteiger partial charge is 0.344 e. The maximum absolute atomic E-state index is 10.9. The van der Waals surface area contributed by atoms with E-state index in [0.29, 0.717) is 29.1 Å². The van der Waals surface area contributed by atoms with Crippen molar-refractivity contribution in [1.82, 2.24) is 4.98 Å². The van der Waals surface area contributed by atoms with E-state index in [0.717, 1.165) is 5.56 Å². The maximum atomic E-state index is 10.9. The fraction of sp³-hybridized carbons (Fsp3) is 0.267. The molecule has 0 saturated heterocycles. The highest BCUT2D eigenvalue weighted by Crippen LogP contribution is 2.29. The Kier molecular flexibility index (Phi) is 5.96. The van der Waals surface area contributed by atoms with Gasteiger partial charge in [0.2, 0.25) is 5.13 Å². The van der Waals surface area contributed by atoms with Gasteiger partial charge in [0.15, 0.2) is 17.6 Å². The molecule has 1 heterocycles. The Hall–Kier alpha value is -2.81. The molecule has 0 bridgehead atoms. The molecule has 0 amide bonds. The van der Waals surface area contributed by atoms with E-state index in [4.69, 9.17) is 20.3 Å². The number of rotatable bonds is 8. The molecule has 9 heteroatoms. The zero-order valence-electron chi connectivity index (χ0n) is 13.2. The van der Waals surface area contributed by atoms with Gasteiger partial charge in [-0.1, -0.05) is 0 Å². The third-order valence-electron chi connectivity index (χ3n) is 2.81. The van der Waals surface area contributed by atoms with E-state index in [9.17, 15) is 4.79 Å². The number of aliphatic carboxylic acids is 1. The molecule has 8 nitrogen and oxygen atoms in total. The Balaban J connectivity index is 2.10. The number of ether oxygens (including phenoxy) is 2. The summed E-state index contributed by atoms with van der Waals surface area (Å²) < 4.78 is 10.9. The SMILES string of the molecule is CCOc1cc(C=NNc2nc(N)cs2)ccc1OC(C)C(=O)O. The molecular weight excluding hydrogens is 332 g/mol. The van der Waals surface area contributed by atoms with Crippen LogP contribution in [0, 0.1) is 0 Å². The van der Waals surface area contributed by atoms with Gasteiger partial charge in [0, 0.05) is 5.38 Å². The number of hydrazone groups is 1. The predicted molar refractivity (Wildman–Crippen MR) is 93.1 cm³/mol. The number of nitrogens with zero attached hydrogens (tertiary/aromatic N) is 2. The highest BCUT2D eigenvalue weighted by Gasteiger charge is 2.15. The maximum Gasteiger partial charge on any atom is 0.344 e. The van der Waals surface area contributed by atoms with E-state index in [-0.39, 0.29) is 0 Å². The van der Waals surface area contributed by atoms with Crippen molar-refractivity contribution in [1.29, 1.82) is 0 Å².